The van der Waals surface area contributed by atoms with Crippen molar-refractivity contribution in [3.8, 4) is 5.69 Å². The molecule has 0 amide bonds. The molecule has 0 N–H and O–H groups in total. The maximum atomic E-state index is 10.8. The lowest BCUT2D eigenvalue weighted by molar-refractivity contribution is -0.384. The summed E-state index contributed by atoms with van der Waals surface area (Å²) in [4.78, 5) is 14.8. The second-order valence-corrected chi connectivity index (χ2v) is 5.70. The first kappa shape index (κ1) is 16.0. The highest BCUT2D eigenvalue weighted by atomic mass is 35.5. The number of aliphatic imine (C=N–C) groups is 1. The van der Waals surface area contributed by atoms with Crippen LogP contribution >= 0.6 is 11.6 Å². The number of nitro benzene ring substituents is 1. The molecule has 24 heavy (non-hydrogen) atoms. The first-order valence-corrected chi connectivity index (χ1v) is 7.65. The Bertz CT molecular complexity index is 914. The molecular weight excluding hydrogens is 326 g/mol. The lowest BCUT2D eigenvalue weighted by atomic mass is 10.2. The summed E-state index contributed by atoms with van der Waals surface area (Å²) in [6, 6.07) is 16.0. The summed E-state index contributed by atoms with van der Waals surface area (Å²) in [6.07, 6.45) is 3.68. The zero-order chi connectivity index (χ0) is 17.1. The molecule has 0 saturated carbocycles. The molecule has 0 spiro atoms. The summed E-state index contributed by atoms with van der Waals surface area (Å²) >= 11 is 5.92. The summed E-state index contributed by atoms with van der Waals surface area (Å²) in [6.45, 7) is 1.80. The van der Waals surface area contributed by atoms with Crippen molar-refractivity contribution in [3.05, 3.63) is 87.2 Å². The molecular formula is C18H14ClN3O2. The third kappa shape index (κ3) is 3.36. The normalized spacial score (nSPS) is 11.1. The van der Waals surface area contributed by atoms with Crippen LogP contribution < -0.4 is 0 Å². The molecule has 3 aromatic rings. The van der Waals surface area contributed by atoms with E-state index < -0.39 is 4.92 Å². The van der Waals surface area contributed by atoms with Crippen LogP contribution in [0.25, 0.3) is 5.69 Å². The fraction of sp³-hybridized carbons (Fsp3) is 0.0556. The van der Waals surface area contributed by atoms with Crippen LogP contribution in [-0.4, -0.2) is 15.7 Å². The van der Waals surface area contributed by atoms with Gasteiger partial charge in [-0.25, -0.2) is 0 Å². The summed E-state index contributed by atoms with van der Waals surface area (Å²) < 4.78 is 1.99. The van der Waals surface area contributed by atoms with Crippen LogP contribution in [0, 0.1) is 17.0 Å². The van der Waals surface area contributed by atoms with Crippen molar-refractivity contribution in [2.24, 2.45) is 4.99 Å². The smallest absolute Gasteiger partial charge is 0.269 e. The number of benzene rings is 2. The van der Waals surface area contributed by atoms with Gasteiger partial charge in [0.05, 0.1) is 22.5 Å². The first-order chi connectivity index (χ1) is 11.5. The van der Waals surface area contributed by atoms with E-state index in [4.69, 9.17) is 11.6 Å². The Morgan fingerprint density at radius 2 is 1.92 bits per heavy atom. The van der Waals surface area contributed by atoms with Crippen LogP contribution in [0.2, 0.25) is 5.02 Å². The highest BCUT2D eigenvalue weighted by Gasteiger charge is 2.07. The maximum Gasteiger partial charge on any atom is 0.269 e. The molecule has 2 aromatic carbocycles. The van der Waals surface area contributed by atoms with E-state index >= 15 is 0 Å². The van der Waals surface area contributed by atoms with Gasteiger partial charge in [-0.3, -0.25) is 15.1 Å². The van der Waals surface area contributed by atoms with Gasteiger partial charge in [0, 0.05) is 29.0 Å². The fourth-order valence-corrected chi connectivity index (χ4v) is 2.50. The second kappa shape index (κ2) is 6.68. The van der Waals surface area contributed by atoms with Crippen LogP contribution in [0.1, 0.15) is 11.3 Å². The number of nitrogens with zero attached hydrogens (tertiary/aromatic N) is 3. The summed E-state index contributed by atoms with van der Waals surface area (Å²) in [5.41, 5.74) is 3.40. The zero-order valence-corrected chi connectivity index (χ0v) is 13.6. The van der Waals surface area contributed by atoms with E-state index in [1.165, 1.54) is 12.1 Å². The molecule has 1 heterocycles. The molecule has 3 rings (SSSR count). The van der Waals surface area contributed by atoms with Gasteiger partial charge in [0.1, 0.15) is 0 Å². The van der Waals surface area contributed by atoms with Crippen LogP contribution in [-0.2, 0) is 0 Å². The topological polar surface area (TPSA) is 60.4 Å². The molecule has 0 atom stereocenters. The molecule has 1 aromatic heterocycles. The second-order valence-electron chi connectivity index (χ2n) is 5.27. The molecule has 0 radical (unpaired) electrons. The lowest BCUT2D eigenvalue weighted by Crippen LogP contribution is -1.97. The van der Waals surface area contributed by atoms with E-state index in [0.29, 0.717) is 10.7 Å². The number of nitro groups is 1. The van der Waals surface area contributed by atoms with E-state index in [1.54, 1.807) is 19.2 Å². The number of hydrogen-bond donors (Lipinski definition) is 0. The molecule has 0 unspecified atom stereocenters. The molecule has 0 aliphatic rings. The minimum atomic E-state index is -0.411. The van der Waals surface area contributed by atoms with Crippen molar-refractivity contribution >= 4 is 29.2 Å². The molecule has 0 bridgehead atoms. The van der Waals surface area contributed by atoms with E-state index in [0.717, 1.165) is 16.9 Å². The van der Waals surface area contributed by atoms with Crippen molar-refractivity contribution in [2.75, 3.05) is 0 Å². The number of aromatic nitrogens is 1. The Morgan fingerprint density at radius 1 is 1.17 bits per heavy atom. The Labute approximate surface area is 144 Å². The van der Waals surface area contributed by atoms with Gasteiger partial charge in [0.25, 0.3) is 5.69 Å². The van der Waals surface area contributed by atoms with Crippen LogP contribution in [0.3, 0.4) is 0 Å². The summed E-state index contributed by atoms with van der Waals surface area (Å²) in [5, 5.41) is 11.5. The summed E-state index contributed by atoms with van der Waals surface area (Å²) in [7, 11) is 0. The largest absolute Gasteiger partial charge is 0.316 e. The van der Waals surface area contributed by atoms with Crippen molar-refractivity contribution in [3.63, 3.8) is 0 Å². The fourth-order valence-electron chi connectivity index (χ4n) is 2.37. The van der Waals surface area contributed by atoms with E-state index in [-0.39, 0.29) is 5.69 Å². The standard InChI is InChI=1S/C18H14ClN3O2/c1-13-11-16(22(23)24)8-9-18(13)20-12-17-3-2-10-21(17)15-6-4-14(19)5-7-15/h2-12H,1H3. The molecule has 0 aliphatic carbocycles. The summed E-state index contributed by atoms with van der Waals surface area (Å²) in [5.74, 6) is 0. The van der Waals surface area contributed by atoms with Crippen molar-refractivity contribution in [1.29, 1.82) is 0 Å². The predicted molar refractivity (Wildman–Crippen MR) is 95.9 cm³/mol. The Morgan fingerprint density at radius 3 is 2.58 bits per heavy atom. The Kier molecular flexibility index (Phi) is 4.44. The van der Waals surface area contributed by atoms with Gasteiger partial charge < -0.3 is 4.57 Å². The average Bonchev–Trinajstić information content (AvgIpc) is 3.02. The Balaban J connectivity index is 1.90. The van der Waals surface area contributed by atoms with Gasteiger partial charge in [0.2, 0.25) is 0 Å². The van der Waals surface area contributed by atoms with Crippen molar-refractivity contribution < 1.29 is 4.92 Å². The van der Waals surface area contributed by atoms with Gasteiger partial charge in [-0.15, -0.1) is 0 Å². The third-order valence-electron chi connectivity index (χ3n) is 3.61. The minimum Gasteiger partial charge on any atom is -0.316 e. The molecule has 120 valence electrons. The predicted octanol–water partition coefficient (Wildman–Crippen LogP) is 5.10. The van der Waals surface area contributed by atoms with Crippen molar-refractivity contribution in [1.82, 2.24) is 4.57 Å². The molecule has 0 aliphatic heterocycles. The SMILES string of the molecule is Cc1cc([N+](=O)[O-])ccc1N=Cc1cccn1-c1ccc(Cl)cc1. The van der Waals surface area contributed by atoms with Gasteiger partial charge in [-0.2, -0.15) is 0 Å². The number of aryl methyl sites for hydroxylation is 1. The number of hydrogen-bond acceptors (Lipinski definition) is 3. The van der Waals surface area contributed by atoms with Crippen LogP contribution in [0.15, 0.2) is 65.8 Å². The van der Waals surface area contributed by atoms with Crippen molar-refractivity contribution in [2.45, 2.75) is 6.92 Å². The quantitative estimate of drug-likeness (QED) is 0.377. The minimum absolute atomic E-state index is 0.0657. The van der Waals surface area contributed by atoms with Crippen LogP contribution in [0.4, 0.5) is 11.4 Å². The zero-order valence-electron chi connectivity index (χ0n) is 12.9. The highest BCUT2D eigenvalue weighted by molar-refractivity contribution is 6.30. The average molecular weight is 340 g/mol. The molecule has 6 heteroatoms. The van der Waals surface area contributed by atoms with Gasteiger partial charge in [-0.05, 0) is 55.0 Å². The van der Waals surface area contributed by atoms with Crippen LogP contribution in [0.5, 0.6) is 0 Å². The number of non-ortho nitro benzene ring substituents is 1. The maximum absolute atomic E-state index is 10.8. The van der Waals surface area contributed by atoms with E-state index in [1.807, 2.05) is 47.2 Å². The third-order valence-corrected chi connectivity index (χ3v) is 3.86. The first-order valence-electron chi connectivity index (χ1n) is 7.27. The van der Waals surface area contributed by atoms with Gasteiger partial charge in [-0.1, -0.05) is 11.6 Å². The number of halogens is 1. The Hall–Kier alpha value is -2.92. The monoisotopic (exact) mass is 339 g/mol. The molecule has 5 nitrogen and oxygen atoms in total. The van der Waals surface area contributed by atoms with E-state index in [9.17, 15) is 10.1 Å². The number of rotatable bonds is 4. The van der Waals surface area contributed by atoms with E-state index in [2.05, 4.69) is 4.99 Å². The van der Waals surface area contributed by atoms with Gasteiger partial charge in [0.15, 0.2) is 0 Å². The lowest BCUT2D eigenvalue weighted by Gasteiger charge is -2.06. The highest BCUT2D eigenvalue weighted by Crippen LogP contribution is 2.24. The molecule has 0 saturated heterocycles. The van der Waals surface area contributed by atoms with Gasteiger partial charge >= 0.3 is 0 Å². The molecule has 0 fully saturated rings.